The molecule has 1 heterocycles. The second-order valence-corrected chi connectivity index (χ2v) is 2.25. The summed E-state index contributed by atoms with van der Waals surface area (Å²) < 4.78 is 4.96. The summed E-state index contributed by atoms with van der Waals surface area (Å²) in [6, 6.07) is 0.639. The third kappa shape index (κ3) is 1.46. The Kier molecular flexibility index (Phi) is 2.30. The molecule has 2 heteroatoms. The van der Waals surface area contributed by atoms with E-state index in [-0.39, 0.29) is 1.43 Å². The Balaban J connectivity index is 0.000000640. The van der Waals surface area contributed by atoms with Crippen LogP contribution in [0.25, 0.3) is 0 Å². The van der Waals surface area contributed by atoms with Crippen LogP contribution in [0, 0.1) is 0 Å². The van der Waals surface area contributed by atoms with Gasteiger partial charge in [-0.25, -0.2) is 0 Å². The molecule has 0 bridgehead atoms. The molecule has 2 nitrogen and oxygen atoms in total. The maximum absolute atomic E-state index is 4.96. The maximum Gasteiger partial charge on any atom is 0.0615 e. The largest absolute Gasteiger partial charge is 0.383 e. The van der Waals surface area contributed by atoms with Crippen molar-refractivity contribution in [2.24, 2.45) is 0 Å². The molecule has 0 amide bonds. The van der Waals surface area contributed by atoms with Gasteiger partial charge in [-0.15, -0.1) is 0 Å². The molecule has 1 aliphatic heterocycles. The summed E-state index contributed by atoms with van der Waals surface area (Å²) in [5.74, 6) is 0. The molecule has 0 aliphatic carbocycles. The summed E-state index contributed by atoms with van der Waals surface area (Å²) in [5, 5.41) is 3.33. The Hall–Kier alpha value is -0.0800. The minimum Gasteiger partial charge on any atom is -0.383 e. The smallest absolute Gasteiger partial charge is 0.0615 e. The number of methoxy groups -OCH3 is 1. The van der Waals surface area contributed by atoms with Crippen LogP contribution in [0.2, 0.25) is 0 Å². The van der Waals surface area contributed by atoms with Crippen LogP contribution in [-0.4, -0.2) is 26.3 Å². The molecule has 1 N–H and O–H groups in total. The third-order valence-electron chi connectivity index (χ3n) is 1.53. The minimum absolute atomic E-state index is 0. The van der Waals surface area contributed by atoms with Crippen LogP contribution in [0.3, 0.4) is 0 Å². The Morgan fingerprint density at radius 1 is 1.88 bits per heavy atom. The Bertz CT molecular complexity index is 64.1. The van der Waals surface area contributed by atoms with Crippen LogP contribution < -0.4 is 5.32 Å². The number of ether oxygens (including phenoxy) is 1. The van der Waals surface area contributed by atoms with Crippen LogP contribution in [0.5, 0.6) is 0 Å². The molecule has 0 unspecified atom stereocenters. The van der Waals surface area contributed by atoms with Gasteiger partial charge in [0, 0.05) is 14.6 Å². The lowest BCUT2D eigenvalue weighted by Gasteiger charge is -2.05. The SMILES string of the molecule is COC[C@@H]1CCCN1.[HH]. The summed E-state index contributed by atoms with van der Waals surface area (Å²) in [6.45, 7) is 2.05. The van der Waals surface area contributed by atoms with E-state index >= 15 is 0 Å². The van der Waals surface area contributed by atoms with E-state index in [0.29, 0.717) is 6.04 Å². The van der Waals surface area contributed by atoms with E-state index in [1.54, 1.807) is 7.11 Å². The van der Waals surface area contributed by atoms with E-state index in [9.17, 15) is 0 Å². The van der Waals surface area contributed by atoms with Crippen molar-refractivity contribution >= 4 is 0 Å². The molecule has 0 aromatic carbocycles. The molecule has 0 saturated carbocycles. The first kappa shape index (κ1) is 6.05. The summed E-state index contributed by atoms with van der Waals surface area (Å²) in [5.41, 5.74) is 0. The fourth-order valence-electron chi connectivity index (χ4n) is 1.10. The van der Waals surface area contributed by atoms with Crippen molar-refractivity contribution in [3.63, 3.8) is 0 Å². The molecule has 50 valence electrons. The van der Waals surface area contributed by atoms with Crippen molar-refractivity contribution in [1.82, 2.24) is 5.32 Å². The molecule has 0 aromatic rings. The van der Waals surface area contributed by atoms with Gasteiger partial charge in [0.25, 0.3) is 0 Å². The normalized spacial score (nSPS) is 28.9. The first-order valence-corrected chi connectivity index (χ1v) is 3.16. The van der Waals surface area contributed by atoms with Gasteiger partial charge in [-0.1, -0.05) is 0 Å². The lowest BCUT2D eigenvalue weighted by atomic mass is 10.2. The minimum atomic E-state index is 0. The molecular formula is C6H15NO. The van der Waals surface area contributed by atoms with Crippen LogP contribution in [0.15, 0.2) is 0 Å². The monoisotopic (exact) mass is 117 g/mol. The Morgan fingerprint density at radius 3 is 3.25 bits per heavy atom. The first-order valence-electron chi connectivity index (χ1n) is 3.16. The van der Waals surface area contributed by atoms with E-state index in [1.807, 2.05) is 0 Å². The molecular weight excluding hydrogens is 102 g/mol. The highest BCUT2D eigenvalue weighted by atomic mass is 16.5. The molecule has 1 fully saturated rings. The summed E-state index contributed by atoms with van der Waals surface area (Å²) in [7, 11) is 1.75. The maximum atomic E-state index is 4.96. The van der Waals surface area contributed by atoms with Gasteiger partial charge in [0.05, 0.1) is 6.61 Å². The van der Waals surface area contributed by atoms with Gasteiger partial charge in [-0.2, -0.15) is 0 Å². The van der Waals surface area contributed by atoms with Crippen molar-refractivity contribution in [2.75, 3.05) is 20.3 Å². The van der Waals surface area contributed by atoms with Crippen molar-refractivity contribution in [2.45, 2.75) is 18.9 Å². The molecule has 8 heavy (non-hydrogen) atoms. The number of rotatable bonds is 2. The Labute approximate surface area is 51.7 Å². The van der Waals surface area contributed by atoms with Crippen molar-refractivity contribution in [3.8, 4) is 0 Å². The highest BCUT2D eigenvalue weighted by Crippen LogP contribution is 2.03. The van der Waals surface area contributed by atoms with Crippen molar-refractivity contribution < 1.29 is 6.16 Å². The number of hydrogen-bond donors (Lipinski definition) is 1. The summed E-state index contributed by atoms with van der Waals surface area (Å²) in [4.78, 5) is 0. The lowest BCUT2D eigenvalue weighted by molar-refractivity contribution is 0.173. The van der Waals surface area contributed by atoms with E-state index in [4.69, 9.17) is 4.74 Å². The van der Waals surface area contributed by atoms with Crippen molar-refractivity contribution in [3.05, 3.63) is 0 Å². The standard InChI is InChI=1S/C6H13NO.H2/c1-8-5-6-3-2-4-7-6;/h6-7H,2-5H2,1H3;1H/t6-;/m0./s1. The average molecular weight is 117 g/mol. The van der Waals surface area contributed by atoms with E-state index < -0.39 is 0 Å². The van der Waals surface area contributed by atoms with Gasteiger partial charge in [-0.3, -0.25) is 0 Å². The second-order valence-electron chi connectivity index (χ2n) is 2.25. The molecule has 1 saturated heterocycles. The molecule has 0 aromatic heterocycles. The van der Waals surface area contributed by atoms with Crippen LogP contribution in [-0.2, 0) is 4.74 Å². The quantitative estimate of drug-likeness (QED) is 0.573. The topological polar surface area (TPSA) is 21.3 Å². The van der Waals surface area contributed by atoms with Crippen LogP contribution >= 0.6 is 0 Å². The lowest BCUT2D eigenvalue weighted by Crippen LogP contribution is -2.25. The number of hydrogen-bond acceptors (Lipinski definition) is 2. The summed E-state index contributed by atoms with van der Waals surface area (Å²) in [6.07, 6.45) is 2.60. The highest BCUT2D eigenvalue weighted by molar-refractivity contribution is 4.72. The zero-order valence-electron chi connectivity index (χ0n) is 5.31. The zero-order valence-corrected chi connectivity index (χ0v) is 5.31. The molecule has 1 atom stereocenters. The van der Waals surface area contributed by atoms with E-state index in [2.05, 4.69) is 5.32 Å². The molecule has 0 spiro atoms. The first-order chi connectivity index (χ1) is 3.93. The van der Waals surface area contributed by atoms with Gasteiger partial charge in [0.1, 0.15) is 0 Å². The predicted octanol–water partition coefficient (Wildman–Crippen LogP) is 0.631. The van der Waals surface area contributed by atoms with Crippen LogP contribution in [0.4, 0.5) is 0 Å². The van der Waals surface area contributed by atoms with E-state index in [0.717, 1.165) is 6.61 Å². The van der Waals surface area contributed by atoms with Gasteiger partial charge in [0.2, 0.25) is 0 Å². The van der Waals surface area contributed by atoms with Crippen LogP contribution in [0.1, 0.15) is 14.3 Å². The van der Waals surface area contributed by atoms with Gasteiger partial charge >= 0.3 is 0 Å². The van der Waals surface area contributed by atoms with E-state index in [1.165, 1.54) is 19.4 Å². The Morgan fingerprint density at radius 2 is 2.75 bits per heavy atom. The zero-order chi connectivity index (χ0) is 5.82. The highest BCUT2D eigenvalue weighted by Gasteiger charge is 2.11. The van der Waals surface area contributed by atoms with Gasteiger partial charge < -0.3 is 10.1 Å². The fourth-order valence-corrected chi connectivity index (χ4v) is 1.10. The fraction of sp³-hybridized carbons (Fsp3) is 1.00. The number of nitrogens with one attached hydrogen (secondary N) is 1. The molecule has 0 radical (unpaired) electrons. The molecule has 1 aliphatic rings. The van der Waals surface area contributed by atoms with Gasteiger partial charge in [0.15, 0.2) is 0 Å². The second kappa shape index (κ2) is 3.05. The van der Waals surface area contributed by atoms with Crippen molar-refractivity contribution in [1.29, 1.82) is 0 Å². The predicted molar refractivity (Wildman–Crippen MR) is 35.0 cm³/mol. The summed E-state index contributed by atoms with van der Waals surface area (Å²) >= 11 is 0. The molecule has 1 rings (SSSR count). The average Bonchev–Trinajstić information content (AvgIpc) is 2.19. The third-order valence-corrected chi connectivity index (χ3v) is 1.53. The van der Waals surface area contributed by atoms with Gasteiger partial charge in [-0.05, 0) is 19.4 Å².